The van der Waals surface area contributed by atoms with E-state index in [9.17, 15) is 14.4 Å². The number of hydrogen-bond donors (Lipinski definition) is 1. The molecule has 0 aliphatic carbocycles. The fourth-order valence-corrected chi connectivity index (χ4v) is 3.53. The zero-order valence-electron chi connectivity index (χ0n) is 18.8. The Morgan fingerprint density at radius 3 is 2.38 bits per heavy atom. The second-order valence-corrected chi connectivity index (χ2v) is 7.69. The number of rotatable bonds is 6. The molecule has 0 bridgehead atoms. The Bertz CT molecular complexity index is 1190. The third-order valence-electron chi connectivity index (χ3n) is 5.36. The number of esters is 1. The number of fused-ring (bicyclic) bond motifs is 1. The van der Waals surface area contributed by atoms with Crippen LogP contribution in [0.4, 0.5) is 11.4 Å². The van der Waals surface area contributed by atoms with Gasteiger partial charge in [-0.1, -0.05) is 24.3 Å². The van der Waals surface area contributed by atoms with Crippen LogP contribution in [-0.4, -0.2) is 37.5 Å². The summed E-state index contributed by atoms with van der Waals surface area (Å²) >= 11 is 0. The summed E-state index contributed by atoms with van der Waals surface area (Å²) in [5.41, 5.74) is 2.46. The molecular weight excluding hydrogens is 436 g/mol. The van der Waals surface area contributed by atoms with Gasteiger partial charge in [0.15, 0.2) is 0 Å². The molecule has 174 valence electrons. The second-order valence-electron chi connectivity index (χ2n) is 7.69. The summed E-state index contributed by atoms with van der Waals surface area (Å²) in [6.45, 7) is 1.53. The number of nitrogens with one attached hydrogen (secondary N) is 1. The molecule has 3 aromatic rings. The predicted octanol–water partition coefficient (Wildman–Crippen LogP) is 3.80. The number of ether oxygens (including phenoxy) is 3. The van der Waals surface area contributed by atoms with Crippen molar-refractivity contribution in [1.29, 1.82) is 0 Å². The van der Waals surface area contributed by atoms with Crippen molar-refractivity contribution in [2.45, 2.75) is 19.6 Å². The SMILES string of the molecule is COc1ccc(NC(=O)c2ccc(COC(=O)[C@@H]3CN(C(C)=O)c4ccccc4O3)cc2)cc1. The third kappa shape index (κ3) is 5.17. The number of carbonyl (C=O) groups is 3. The quantitative estimate of drug-likeness (QED) is 0.563. The predicted molar refractivity (Wildman–Crippen MR) is 126 cm³/mol. The molecular formula is C26H24N2O6. The highest BCUT2D eigenvalue weighted by molar-refractivity contribution is 6.04. The van der Waals surface area contributed by atoms with Gasteiger partial charge < -0.3 is 24.4 Å². The molecule has 1 aliphatic heterocycles. The van der Waals surface area contributed by atoms with E-state index in [1.54, 1.807) is 79.9 Å². The van der Waals surface area contributed by atoms with E-state index in [-0.39, 0.29) is 25.0 Å². The smallest absolute Gasteiger partial charge is 0.349 e. The lowest BCUT2D eigenvalue weighted by Gasteiger charge is -2.33. The van der Waals surface area contributed by atoms with E-state index in [0.29, 0.717) is 34.0 Å². The fraction of sp³-hybridized carbons (Fsp3) is 0.192. The molecule has 3 aromatic carbocycles. The average molecular weight is 460 g/mol. The Balaban J connectivity index is 1.33. The van der Waals surface area contributed by atoms with Crippen molar-refractivity contribution in [2.24, 2.45) is 0 Å². The van der Waals surface area contributed by atoms with Crippen molar-refractivity contribution in [3.05, 3.63) is 83.9 Å². The van der Waals surface area contributed by atoms with Gasteiger partial charge in [0, 0.05) is 18.2 Å². The Labute approximate surface area is 197 Å². The number of nitrogens with zero attached hydrogens (tertiary/aromatic N) is 1. The minimum Gasteiger partial charge on any atom is -0.497 e. The van der Waals surface area contributed by atoms with Crippen LogP contribution in [0.15, 0.2) is 72.8 Å². The molecule has 34 heavy (non-hydrogen) atoms. The number of hydrogen-bond acceptors (Lipinski definition) is 6. The second kappa shape index (κ2) is 10.1. The molecule has 1 atom stereocenters. The van der Waals surface area contributed by atoms with Crippen LogP contribution < -0.4 is 19.7 Å². The molecule has 0 radical (unpaired) electrons. The molecule has 0 spiro atoms. The van der Waals surface area contributed by atoms with Gasteiger partial charge in [-0.15, -0.1) is 0 Å². The van der Waals surface area contributed by atoms with Crippen LogP contribution in [0, 0.1) is 0 Å². The Hall–Kier alpha value is -4.33. The lowest BCUT2D eigenvalue weighted by atomic mass is 10.1. The lowest BCUT2D eigenvalue weighted by Crippen LogP contribution is -2.47. The summed E-state index contributed by atoms with van der Waals surface area (Å²) in [7, 11) is 1.58. The van der Waals surface area contributed by atoms with Gasteiger partial charge in [-0.2, -0.15) is 0 Å². The van der Waals surface area contributed by atoms with Crippen LogP contribution in [0.3, 0.4) is 0 Å². The molecule has 8 nitrogen and oxygen atoms in total. The van der Waals surface area contributed by atoms with Crippen molar-refractivity contribution in [3.63, 3.8) is 0 Å². The van der Waals surface area contributed by atoms with Gasteiger partial charge in [0.1, 0.15) is 18.1 Å². The number of para-hydroxylation sites is 2. The number of carbonyl (C=O) groups excluding carboxylic acids is 3. The Kier molecular flexibility index (Phi) is 6.77. The van der Waals surface area contributed by atoms with Gasteiger partial charge in [0.2, 0.25) is 12.0 Å². The summed E-state index contributed by atoms with van der Waals surface area (Å²) in [5.74, 6) is 0.151. The number of methoxy groups -OCH3 is 1. The van der Waals surface area contributed by atoms with E-state index in [2.05, 4.69) is 5.32 Å². The maximum atomic E-state index is 12.6. The van der Waals surface area contributed by atoms with E-state index in [1.165, 1.54) is 11.8 Å². The number of anilines is 2. The average Bonchev–Trinajstić information content (AvgIpc) is 2.87. The van der Waals surface area contributed by atoms with Gasteiger partial charge in [0.05, 0.1) is 19.3 Å². The van der Waals surface area contributed by atoms with E-state index in [1.807, 2.05) is 0 Å². The van der Waals surface area contributed by atoms with E-state index < -0.39 is 12.1 Å². The lowest BCUT2D eigenvalue weighted by molar-refractivity contribution is -0.153. The third-order valence-corrected chi connectivity index (χ3v) is 5.36. The van der Waals surface area contributed by atoms with Crippen LogP contribution in [0.25, 0.3) is 0 Å². The molecule has 0 saturated carbocycles. The first kappa shape index (κ1) is 22.8. The molecule has 2 amide bonds. The van der Waals surface area contributed by atoms with Gasteiger partial charge in [-0.3, -0.25) is 9.59 Å². The molecule has 1 N–H and O–H groups in total. The highest BCUT2D eigenvalue weighted by atomic mass is 16.6. The summed E-state index contributed by atoms with van der Waals surface area (Å²) in [4.78, 5) is 38.6. The molecule has 0 fully saturated rings. The normalized spacial score (nSPS) is 14.4. The summed E-state index contributed by atoms with van der Waals surface area (Å²) in [5, 5.41) is 2.82. The highest BCUT2D eigenvalue weighted by Gasteiger charge is 2.33. The summed E-state index contributed by atoms with van der Waals surface area (Å²) in [6, 6.07) is 20.8. The molecule has 0 aromatic heterocycles. The number of amides is 2. The molecule has 4 rings (SSSR count). The standard InChI is InChI=1S/C26H24N2O6/c1-17(29)28-15-24(34-23-6-4-3-5-22(23)28)26(31)33-16-18-7-9-19(10-8-18)25(30)27-20-11-13-21(32-2)14-12-20/h3-14,24H,15-16H2,1-2H3,(H,27,30)/t24-/m0/s1. The Morgan fingerprint density at radius 2 is 1.71 bits per heavy atom. The molecule has 0 unspecified atom stereocenters. The van der Waals surface area contributed by atoms with Gasteiger partial charge in [-0.05, 0) is 54.1 Å². The molecule has 1 aliphatic rings. The minimum atomic E-state index is -0.923. The van der Waals surface area contributed by atoms with Crippen molar-refractivity contribution in [2.75, 3.05) is 23.9 Å². The first-order valence-electron chi connectivity index (χ1n) is 10.7. The maximum absolute atomic E-state index is 12.6. The van der Waals surface area contributed by atoms with Crippen LogP contribution >= 0.6 is 0 Å². The first-order valence-corrected chi connectivity index (χ1v) is 10.7. The summed E-state index contributed by atoms with van der Waals surface area (Å²) < 4.78 is 16.3. The number of benzene rings is 3. The molecule has 0 saturated heterocycles. The minimum absolute atomic E-state index is 0.0147. The van der Waals surface area contributed by atoms with Gasteiger partial charge >= 0.3 is 5.97 Å². The summed E-state index contributed by atoms with van der Waals surface area (Å²) in [6.07, 6.45) is -0.923. The Morgan fingerprint density at radius 1 is 1.00 bits per heavy atom. The van der Waals surface area contributed by atoms with E-state index in [0.717, 1.165) is 0 Å². The fourth-order valence-electron chi connectivity index (χ4n) is 3.53. The van der Waals surface area contributed by atoms with Crippen molar-refractivity contribution >= 4 is 29.2 Å². The van der Waals surface area contributed by atoms with Crippen LogP contribution in [0.5, 0.6) is 11.5 Å². The largest absolute Gasteiger partial charge is 0.497 e. The van der Waals surface area contributed by atoms with Crippen molar-refractivity contribution in [3.8, 4) is 11.5 Å². The highest BCUT2D eigenvalue weighted by Crippen LogP contribution is 2.33. The van der Waals surface area contributed by atoms with Crippen LogP contribution in [0.2, 0.25) is 0 Å². The van der Waals surface area contributed by atoms with Crippen LogP contribution in [-0.2, 0) is 20.9 Å². The van der Waals surface area contributed by atoms with Crippen molar-refractivity contribution < 1.29 is 28.6 Å². The zero-order valence-corrected chi connectivity index (χ0v) is 18.8. The maximum Gasteiger partial charge on any atom is 0.349 e. The van der Waals surface area contributed by atoms with Gasteiger partial charge in [-0.25, -0.2) is 4.79 Å². The van der Waals surface area contributed by atoms with E-state index in [4.69, 9.17) is 14.2 Å². The van der Waals surface area contributed by atoms with Crippen molar-refractivity contribution in [1.82, 2.24) is 0 Å². The monoisotopic (exact) mass is 460 g/mol. The molecule has 1 heterocycles. The zero-order chi connectivity index (χ0) is 24.1. The topological polar surface area (TPSA) is 94.2 Å². The van der Waals surface area contributed by atoms with E-state index >= 15 is 0 Å². The molecule has 8 heteroatoms. The first-order chi connectivity index (χ1) is 16.4. The van der Waals surface area contributed by atoms with Gasteiger partial charge in [0.25, 0.3) is 5.91 Å². The van der Waals surface area contributed by atoms with Crippen LogP contribution in [0.1, 0.15) is 22.8 Å².